The van der Waals surface area contributed by atoms with E-state index < -0.39 is 5.91 Å². The lowest BCUT2D eigenvalue weighted by Crippen LogP contribution is -2.20. The first kappa shape index (κ1) is 14.7. The van der Waals surface area contributed by atoms with Crippen LogP contribution in [0.5, 0.6) is 5.75 Å². The molecule has 0 radical (unpaired) electrons. The Morgan fingerprint density at radius 2 is 2.10 bits per heavy atom. The van der Waals surface area contributed by atoms with Gasteiger partial charge in [0.2, 0.25) is 0 Å². The van der Waals surface area contributed by atoms with E-state index >= 15 is 0 Å². The zero-order valence-electron chi connectivity index (χ0n) is 10.8. The molecule has 2 aromatic rings. The fraction of sp³-hybridized carbons (Fsp3) is 0.0769. The number of rotatable bonds is 5. The highest BCUT2D eigenvalue weighted by Gasteiger charge is 2.11. The monoisotopic (exact) mass is 304 g/mol. The molecule has 0 atom stereocenters. The first-order valence-corrected chi connectivity index (χ1v) is 6.34. The lowest BCUT2D eigenvalue weighted by atomic mass is 10.2. The van der Waals surface area contributed by atoms with Crippen LogP contribution in [0.1, 0.15) is 10.5 Å². The van der Waals surface area contributed by atoms with Gasteiger partial charge < -0.3 is 15.8 Å². The third-order valence-electron chi connectivity index (χ3n) is 2.42. The molecule has 0 unspecified atom stereocenters. The fourth-order valence-electron chi connectivity index (χ4n) is 1.50. The number of carbonyl (C=O) groups excluding carboxylic acids is 1. The number of aromatic nitrogens is 2. The smallest absolute Gasteiger partial charge is 0.276 e. The molecule has 1 heterocycles. The summed E-state index contributed by atoms with van der Waals surface area (Å²) >= 11 is 4.74. The summed E-state index contributed by atoms with van der Waals surface area (Å²) in [6.07, 6.45) is 0. The van der Waals surface area contributed by atoms with Crippen LogP contribution in [0.4, 0.5) is 5.69 Å². The molecule has 4 N–H and O–H groups in total. The molecule has 21 heavy (non-hydrogen) atoms. The van der Waals surface area contributed by atoms with Gasteiger partial charge >= 0.3 is 0 Å². The van der Waals surface area contributed by atoms with Crippen molar-refractivity contribution in [3.8, 4) is 5.75 Å². The molecule has 108 valence electrons. The van der Waals surface area contributed by atoms with Gasteiger partial charge in [-0.2, -0.15) is 5.10 Å². The lowest BCUT2D eigenvalue weighted by molar-refractivity contribution is 0.102. The fourth-order valence-corrected chi connectivity index (χ4v) is 1.56. The van der Waals surface area contributed by atoms with E-state index in [1.165, 1.54) is 12.1 Å². The average Bonchev–Trinajstić information content (AvgIpc) is 2.47. The Bertz CT molecular complexity index is 709. The number of anilines is 1. The predicted molar refractivity (Wildman–Crippen MR) is 81.5 cm³/mol. The van der Waals surface area contributed by atoms with Crippen LogP contribution in [0, 0.1) is 0 Å². The molecule has 0 aliphatic heterocycles. The lowest BCUT2D eigenvalue weighted by Gasteiger charge is -2.11. The third kappa shape index (κ3) is 4.11. The second-order valence-electron chi connectivity index (χ2n) is 4.01. The van der Waals surface area contributed by atoms with Crippen LogP contribution < -0.4 is 21.3 Å². The highest BCUT2D eigenvalue weighted by molar-refractivity contribution is 7.80. The van der Waals surface area contributed by atoms with Crippen molar-refractivity contribution in [2.24, 2.45) is 5.73 Å². The van der Waals surface area contributed by atoms with Gasteiger partial charge in [-0.1, -0.05) is 24.4 Å². The van der Waals surface area contributed by atoms with Crippen molar-refractivity contribution in [2.45, 2.75) is 0 Å². The Labute approximate surface area is 125 Å². The third-order valence-corrected chi connectivity index (χ3v) is 2.53. The van der Waals surface area contributed by atoms with Gasteiger partial charge in [0.25, 0.3) is 11.5 Å². The Balaban J connectivity index is 2.15. The molecule has 1 aromatic heterocycles. The number of nitrogens with two attached hydrogens (primary N) is 1. The van der Waals surface area contributed by atoms with Crippen LogP contribution in [0.2, 0.25) is 0 Å². The maximum absolute atomic E-state index is 12.0. The van der Waals surface area contributed by atoms with Gasteiger partial charge in [-0.15, -0.1) is 0 Å². The Kier molecular flexibility index (Phi) is 4.62. The number of hydrogen-bond acceptors (Lipinski definition) is 5. The number of para-hydroxylation sites is 2. The minimum Gasteiger partial charge on any atom is -0.484 e. The van der Waals surface area contributed by atoms with Crippen LogP contribution in [0.25, 0.3) is 0 Å². The average molecular weight is 304 g/mol. The Hall–Kier alpha value is -2.74. The van der Waals surface area contributed by atoms with Gasteiger partial charge in [-0.3, -0.25) is 9.59 Å². The summed E-state index contributed by atoms with van der Waals surface area (Å²) in [6, 6.07) is 9.38. The Morgan fingerprint density at radius 3 is 2.76 bits per heavy atom. The van der Waals surface area contributed by atoms with Crippen molar-refractivity contribution in [1.82, 2.24) is 10.2 Å². The van der Waals surface area contributed by atoms with Crippen molar-refractivity contribution in [1.29, 1.82) is 0 Å². The highest BCUT2D eigenvalue weighted by Crippen LogP contribution is 2.24. The molecule has 1 aromatic carbocycles. The number of amides is 1. The summed E-state index contributed by atoms with van der Waals surface area (Å²) in [5.74, 6) is -0.0410. The van der Waals surface area contributed by atoms with E-state index in [0.29, 0.717) is 11.4 Å². The topological polar surface area (TPSA) is 110 Å². The molecular weight excluding hydrogens is 292 g/mol. The molecule has 0 aliphatic carbocycles. The number of thiocarbonyl (C=S) groups is 1. The van der Waals surface area contributed by atoms with E-state index in [2.05, 4.69) is 15.5 Å². The molecule has 8 heteroatoms. The molecule has 0 saturated heterocycles. The van der Waals surface area contributed by atoms with Gasteiger partial charge in [-0.25, -0.2) is 5.10 Å². The van der Waals surface area contributed by atoms with Crippen LogP contribution in [-0.4, -0.2) is 27.7 Å². The van der Waals surface area contributed by atoms with Crippen LogP contribution in [-0.2, 0) is 0 Å². The number of benzene rings is 1. The van der Waals surface area contributed by atoms with E-state index in [1.54, 1.807) is 24.3 Å². The quantitative estimate of drug-likeness (QED) is 0.701. The van der Waals surface area contributed by atoms with Crippen molar-refractivity contribution >= 4 is 28.8 Å². The molecule has 2 rings (SSSR count). The van der Waals surface area contributed by atoms with E-state index in [4.69, 9.17) is 22.7 Å². The van der Waals surface area contributed by atoms with Crippen LogP contribution in [0.15, 0.2) is 41.2 Å². The molecule has 0 bridgehead atoms. The van der Waals surface area contributed by atoms with Crippen molar-refractivity contribution < 1.29 is 9.53 Å². The van der Waals surface area contributed by atoms with Crippen molar-refractivity contribution in [3.05, 3.63) is 52.4 Å². The van der Waals surface area contributed by atoms with Crippen LogP contribution in [0.3, 0.4) is 0 Å². The molecule has 1 amide bonds. The van der Waals surface area contributed by atoms with E-state index in [-0.39, 0.29) is 22.8 Å². The standard InChI is InChI=1S/C13H12N4O3S/c14-11(21)7-20-10-4-2-1-3-8(10)15-13(19)9-5-6-12(18)17-16-9/h1-6H,7H2,(H2,14,21)(H,15,19)(H,17,18). The number of nitrogens with zero attached hydrogens (tertiary/aromatic N) is 1. The second kappa shape index (κ2) is 6.62. The summed E-state index contributed by atoms with van der Waals surface area (Å²) in [7, 11) is 0. The maximum Gasteiger partial charge on any atom is 0.276 e. The number of aromatic amines is 1. The summed E-state index contributed by atoms with van der Waals surface area (Å²) in [5.41, 5.74) is 5.52. The molecule has 0 aliphatic rings. The van der Waals surface area contributed by atoms with Gasteiger partial charge in [0.1, 0.15) is 23.0 Å². The van der Waals surface area contributed by atoms with Gasteiger partial charge in [0, 0.05) is 6.07 Å². The zero-order valence-corrected chi connectivity index (χ0v) is 11.6. The number of H-pyrrole nitrogens is 1. The largest absolute Gasteiger partial charge is 0.484 e. The van der Waals surface area contributed by atoms with Gasteiger partial charge in [-0.05, 0) is 18.2 Å². The SMILES string of the molecule is NC(=S)COc1ccccc1NC(=O)c1ccc(=O)[nH]n1. The Morgan fingerprint density at radius 1 is 1.33 bits per heavy atom. The molecule has 7 nitrogen and oxygen atoms in total. The van der Waals surface area contributed by atoms with Crippen LogP contribution >= 0.6 is 12.2 Å². The second-order valence-corrected chi connectivity index (χ2v) is 4.54. The van der Waals surface area contributed by atoms with Gasteiger partial charge in [0.15, 0.2) is 0 Å². The normalized spacial score (nSPS) is 9.90. The van der Waals surface area contributed by atoms with E-state index in [0.717, 1.165) is 0 Å². The molecule has 0 spiro atoms. The van der Waals surface area contributed by atoms with Gasteiger partial charge in [0.05, 0.1) is 5.69 Å². The summed E-state index contributed by atoms with van der Waals surface area (Å²) in [6.45, 7) is 0.0686. The predicted octanol–water partition coefficient (Wildman–Crippen LogP) is 0.687. The zero-order chi connectivity index (χ0) is 15.2. The van der Waals surface area contributed by atoms with Crippen molar-refractivity contribution in [3.63, 3.8) is 0 Å². The summed E-state index contributed by atoms with van der Waals surface area (Å²) in [5, 5.41) is 8.47. The molecule has 0 saturated carbocycles. The number of ether oxygens (including phenoxy) is 1. The summed E-state index contributed by atoms with van der Waals surface area (Å²) in [4.78, 5) is 23.1. The first-order valence-electron chi connectivity index (χ1n) is 5.93. The minimum atomic E-state index is -0.474. The highest BCUT2D eigenvalue weighted by atomic mass is 32.1. The minimum absolute atomic E-state index is 0.0686. The number of hydrogen-bond donors (Lipinski definition) is 3. The van der Waals surface area contributed by atoms with E-state index in [9.17, 15) is 9.59 Å². The summed E-state index contributed by atoms with van der Waals surface area (Å²) < 4.78 is 5.40. The van der Waals surface area contributed by atoms with E-state index in [1.807, 2.05) is 0 Å². The number of carbonyl (C=O) groups is 1. The molecule has 0 fully saturated rings. The number of nitrogens with one attached hydrogen (secondary N) is 2. The maximum atomic E-state index is 12.0. The van der Waals surface area contributed by atoms with Crippen molar-refractivity contribution in [2.75, 3.05) is 11.9 Å². The first-order chi connectivity index (χ1) is 10.1. The molecular formula is C13H12N4O3S.